The highest BCUT2D eigenvalue weighted by atomic mass is 35.5. The zero-order valence-corrected chi connectivity index (χ0v) is 7.92. The van der Waals surface area contributed by atoms with Gasteiger partial charge in [0.1, 0.15) is 10.8 Å². The fourth-order valence-corrected chi connectivity index (χ4v) is 1.23. The van der Waals surface area contributed by atoms with Crippen molar-refractivity contribution in [3.05, 3.63) is 34.6 Å². The maximum Gasteiger partial charge on any atom is 0.293 e. The summed E-state index contributed by atoms with van der Waals surface area (Å²) in [5.74, 6) is 0. The lowest BCUT2D eigenvalue weighted by atomic mass is 10.3. The van der Waals surface area contributed by atoms with E-state index in [1.807, 2.05) is 6.07 Å². The van der Waals surface area contributed by atoms with E-state index in [1.165, 1.54) is 0 Å². The van der Waals surface area contributed by atoms with Crippen LogP contribution >= 0.6 is 23.2 Å². The molecule has 1 N–H and O–H groups in total. The van der Waals surface area contributed by atoms with E-state index in [1.54, 1.807) is 23.1 Å². The lowest BCUT2D eigenvalue weighted by Crippen LogP contribution is -2.31. The zero-order chi connectivity index (χ0) is 9.26. The van der Waals surface area contributed by atoms with E-state index in [-0.39, 0.29) is 0 Å². The van der Waals surface area contributed by atoms with Gasteiger partial charge in [0.05, 0.1) is 10.0 Å². The minimum atomic E-state index is 0.501. The summed E-state index contributed by atoms with van der Waals surface area (Å²) in [6, 6.07) is 5.25. The maximum absolute atomic E-state index is 5.83. The molecule has 0 bridgehead atoms. The van der Waals surface area contributed by atoms with Crippen LogP contribution in [0.5, 0.6) is 0 Å². The van der Waals surface area contributed by atoms with E-state index in [0.717, 1.165) is 5.69 Å². The first kappa shape index (κ1) is 8.47. The second kappa shape index (κ2) is 3.32. The Morgan fingerprint density at radius 3 is 2.69 bits per heavy atom. The molecule has 0 aliphatic heterocycles. The Morgan fingerprint density at radius 2 is 2.08 bits per heavy atom. The van der Waals surface area contributed by atoms with E-state index in [4.69, 9.17) is 23.2 Å². The average molecular weight is 216 g/mol. The van der Waals surface area contributed by atoms with Crippen molar-refractivity contribution in [2.75, 3.05) is 0 Å². The molecule has 6 heteroatoms. The molecule has 1 aromatic carbocycles. The van der Waals surface area contributed by atoms with Gasteiger partial charge in [0, 0.05) is 0 Å². The number of tetrazole rings is 1. The van der Waals surface area contributed by atoms with Gasteiger partial charge in [-0.05, 0) is 18.2 Å². The molecule has 2 aromatic rings. The highest BCUT2D eigenvalue weighted by Crippen LogP contribution is 2.22. The van der Waals surface area contributed by atoms with Gasteiger partial charge in [0.15, 0.2) is 5.21 Å². The van der Waals surface area contributed by atoms with Crippen molar-refractivity contribution in [3.63, 3.8) is 0 Å². The standard InChI is InChI=1S/C7H4Cl2N4/c8-6-2-1-5(3-7(6)9)13-4-10-11-12-13/h1-4H/p+1. The molecular weight excluding hydrogens is 211 g/mol. The van der Waals surface area contributed by atoms with Crippen LogP contribution < -0.4 is 4.68 Å². The summed E-state index contributed by atoms with van der Waals surface area (Å²) in [5.41, 5.74) is 0.833. The molecule has 0 fully saturated rings. The second-order valence-corrected chi connectivity index (χ2v) is 3.21. The van der Waals surface area contributed by atoms with Crippen molar-refractivity contribution < 1.29 is 4.68 Å². The SMILES string of the molecule is Clc1ccc(-[n+]2cnn[nH]2)cc1Cl. The van der Waals surface area contributed by atoms with Crippen LogP contribution in [-0.2, 0) is 0 Å². The molecule has 0 unspecified atom stereocenters. The van der Waals surface area contributed by atoms with E-state index in [2.05, 4.69) is 15.5 Å². The van der Waals surface area contributed by atoms with Gasteiger partial charge < -0.3 is 0 Å². The third kappa shape index (κ3) is 1.64. The summed E-state index contributed by atoms with van der Waals surface area (Å²) < 4.78 is 1.63. The van der Waals surface area contributed by atoms with Gasteiger partial charge in [-0.2, -0.15) is 0 Å². The molecule has 0 aliphatic carbocycles. The number of nitrogens with zero attached hydrogens (tertiary/aromatic N) is 3. The summed E-state index contributed by atoms with van der Waals surface area (Å²) in [6.07, 6.45) is 1.54. The molecule has 0 atom stereocenters. The van der Waals surface area contributed by atoms with Crippen LogP contribution in [0.4, 0.5) is 0 Å². The fourth-order valence-electron chi connectivity index (χ4n) is 0.937. The van der Waals surface area contributed by atoms with E-state index in [9.17, 15) is 0 Å². The quantitative estimate of drug-likeness (QED) is 0.732. The highest BCUT2D eigenvalue weighted by Gasteiger charge is 2.05. The monoisotopic (exact) mass is 215 g/mol. The summed E-state index contributed by atoms with van der Waals surface area (Å²) in [5, 5.41) is 10.9. The van der Waals surface area contributed by atoms with Crippen LogP contribution in [0.25, 0.3) is 5.69 Å². The van der Waals surface area contributed by atoms with E-state index < -0.39 is 0 Å². The predicted molar refractivity (Wildman–Crippen MR) is 47.9 cm³/mol. The first-order valence-electron chi connectivity index (χ1n) is 3.50. The molecule has 0 spiro atoms. The summed E-state index contributed by atoms with van der Waals surface area (Å²) >= 11 is 11.6. The van der Waals surface area contributed by atoms with Gasteiger partial charge in [0.2, 0.25) is 0 Å². The smallest absolute Gasteiger partial charge is 0.130 e. The van der Waals surface area contributed by atoms with Crippen molar-refractivity contribution in [1.82, 2.24) is 15.5 Å². The minimum Gasteiger partial charge on any atom is -0.130 e. The van der Waals surface area contributed by atoms with Crippen molar-refractivity contribution >= 4 is 23.2 Å². The summed E-state index contributed by atoms with van der Waals surface area (Å²) in [6.45, 7) is 0. The van der Waals surface area contributed by atoms with Crippen molar-refractivity contribution in [3.8, 4) is 5.69 Å². The number of aromatic amines is 1. The van der Waals surface area contributed by atoms with Crippen molar-refractivity contribution in [1.29, 1.82) is 0 Å². The molecular formula is C7H5Cl2N4+. The van der Waals surface area contributed by atoms with Crippen LogP contribution in [-0.4, -0.2) is 15.5 Å². The van der Waals surface area contributed by atoms with Crippen LogP contribution in [0, 0.1) is 0 Å². The summed E-state index contributed by atoms with van der Waals surface area (Å²) in [4.78, 5) is 0. The Kier molecular flexibility index (Phi) is 2.16. The van der Waals surface area contributed by atoms with Crippen LogP contribution in [0.3, 0.4) is 0 Å². The molecule has 13 heavy (non-hydrogen) atoms. The Hall–Kier alpha value is -1.13. The van der Waals surface area contributed by atoms with Gasteiger partial charge in [-0.15, -0.1) is 4.68 Å². The third-order valence-electron chi connectivity index (χ3n) is 1.56. The maximum atomic E-state index is 5.83. The lowest BCUT2D eigenvalue weighted by Gasteiger charge is -1.97. The number of H-pyrrole nitrogens is 1. The average Bonchev–Trinajstić information content (AvgIpc) is 2.62. The summed E-state index contributed by atoms with van der Waals surface area (Å²) in [7, 11) is 0. The van der Waals surface area contributed by atoms with Crippen LogP contribution in [0.2, 0.25) is 10.0 Å². The van der Waals surface area contributed by atoms with Crippen molar-refractivity contribution in [2.24, 2.45) is 0 Å². The van der Waals surface area contributed by atoms with Gasteiger partial charge in [-0.25, -0.2) is 0 Å². The van der Waals surface area contributed by atoms with Gasteiger partial charge in [0.25, 0.3) is 6.33 Å². The third-order valence-corrected chi connectivity index (χ3v) is 2.30. The Morgan fingerprint density at radius 1 is 1.23 bits per heavy atom. The Labute approximate surface area is 84.1 Å². The predicted octanol–water partition coefficient (Wildman–Crippen LogP) is 1.39. The number of halogens is 2. The molecule has 0 aliphatic rings. The largest absolute Gasteiger partial charge is 0.293 e. The molecule has 0 saturated heterocycles. The number of nitrogens with one attached hydrogen (secondary N) is 1. The van der Waals surface area contributed by atoms with Crippen LogP contribution in [0.1, 0.15) is 0 Å². The lowest BCUT2D eigenvalue weighted by molar-refractivity contribution is -0.660. The number of hydrogen-bond donors (Lipinski definition) is 1. The topological polar surface area (TPSA) is 45.5 Å². The molecule has 0 amide bonds. The van der Waals surface area contributed by atoms with Crippen molar-refractivity contribution in [2.45, 2.75) is 0 Å². The highest BCUT2D eigenvalue weighted by molar-refractivity contribution is 6.42. The second-order valence-electron chi connectivity index (χ2n) is 2.40. The van der Waals surface area contributed by atoms with E-state index in [0.29, 0.717) is 10.0 Å². The molecule has 1 heterocycles. The Bertz CT molecular complexity index is 412. The van der Waals surface area contributed by atoms with Gasteiger partial charge >= 0.3 is 0 Å². The normalized spacial score (nSPS) is 10.3. The molecule has 2 rings (SSSR count). The number of rotatable bonds is 1. The fraction of sp³-hybridized carbons (Fsp3) is 0. The molecule has 0 radical (unpaired) electrons. The van der Waals surface area contributed by atoms with E-state index >= 15 is 0 Å². The number of benzene rings is 1. The minimum absolute atomic E-state index is 0.501. The molecule has 0 saturated carbocycles. The molecule has 4 nitrogen and oxygen atoms in total. The van der Waals surface area contributed by atoms with Crippen LogP contribution in [0.15, 0.2) is 24.5 Å². The van der Waals surface area contributed by atoms with Gasteiger partial charge in [-0.1, -0.05) is 28.4 Å². The number of aromatic nitrogens is 4. The zero-order valence-electron chi connectivity index (χ0n) is 6.41. The molecule has 1 aromatic heterocycles. The first-order chi connectivity index (χ1) is 6.27. The number of hydrogen-bond acceptors (Lipinski definition) is 2. The molecule has 66 valence electrons. The first-order valence-corrected chi connectivity index (χ1v) is 4.26. The Balaban J connectivity index is 2.49. The van der Waals surface area contributed by atoms with Gasteiger partial charge in [-0.3, -0.25) is 0 Å².